The molecular weight excluding hydrogens is 272 g/mol. The average Bonchev–Trinajstić information content (AvgIpc) is 3.13. The maximum Gasteiger partial charge on any atom is 0.135 e. The highest BCUT2D eigenvalue weighted by atomic mass is 16.3. The highest BCUT2D eigenvalue weighted by Gasteiger charge is 2.26. The lowest BCUT2D eigenvalue weighted by Crippen LogP contribution is -2.18. The topological polar surface area (TPSA) is 29.3 Å². The number of hydrogen-bond acceptors (Lipinski definition) is 3. The quantitative estimate of drug-likeness (QED) is 0.693. The summed E-state index contributed by atoms with van der Waals surface area (Å²) in [5, 5.41) is 1.15. The van der Waals surface area contributed by atoms with E-state index in [2.05, 4.69) is 35.1 Å². The van der Waals surface area contributed by atoms with E-state index in [4.69, 9.17) is 4.42 Å². The summed E-state index contributed by atoms with van der Waals surface area (Å²) in [5.41, 5.74) is 4.43. The minimum Gasteiger partial charge on any atom is -0.456 e. The van der Waals surface area contributed by atoms with Crippen LogP contribution in [0.5, 0.6) is 0 Å². The molecule has 0 radical (unpaired) electrons. The number of hydrogen-bond donors (Lipinski definition) is 0. The molecule has 1 atom stereocenters. The summed E-state index contributed by atoms with van der Waals surface area (Å²) in [5.74, 6) is 0.946. The number of furan rings is 1. The van der Waals surface area contributed by atoms with Gasteiger partial charge in [-0.05, 0) is 57.1 Å². The Bertz CT molecular complexity index is 788. The SMILES string of the molecule is Cc1cc(-c2cc3ccccc3o2)c([C@@H]2CCCN2C)cn1. The van der Waals surface area contributed by atoms with Gasteiger partial charge in [-0.2, -0.15) is 0 Å². The molecule has 0 aliphatic carbocycles. The first kappa shape index (κ1) is 13.5. The molecule has 0 saturated carbocycles. The van der Waals surface area contributed by atoms with Gasteiger partial charge in [0.25, 0.3) is 0 Å². The maximum atomic E-state index is 6.10. The van der Waals surface area contributed by atoms with E-state index in [0.29, 0.717) is 6.04 Å². The first-order valence-corrected chi connectivity index (χ1v) is 7.88. The van der Waals surface area contributed by atoms with Crippen LogP contribution < -0.4 is 0 Å². The number of benzene rings is 1. The third-order valence-corrected chi connectivity index (χ3v) is 4.64. The van der Waals surface area contributed by atoms with Crippen LogP contribution in [0.1, 0.15) is 30.1 Å². The lowest BCUT2D eigenvalue weighted by molar-refractivity contribution is 0.317. The van der Waals surface area contributed by atoms with Gasteiger partial charge in [0.1, 0.15) is 11.3 Å². The van der Waals surface area contributed by atoms with Crippen LogP contribution in [0.4, 0.5) is 0 Å². The molecule has 3 heterocycles. The fourth-order valence-electron chi connectivity index (χ4n) is 3.47. The molecule has 22 heavy (non-hydrogen) atoms. The van der Waals surface area contributed by atoms with Crippen LogP contribution in [0.25, 0.3) is 22.3 Å². The van der Waals surface area contributed by atoms with Crippen molar-refractivity contribution in [1.82, 2.24) is 9.88 Å². The standard InChI is InChI=1S/C19H20N2O/c1-13-10-15(16(12-20-13)17-7-5-9-21(17)2)19-11-14-6-3-4-8-18(14)22-19/h3-4,6,8,10-12,17H,5,7,9H2,1-2H3/t17-/m0/s1. The summed E-state index contributed by atoms with van der Waals surface area (Å²) in [7, 11) is 2.19. The molecule has 3 heteroatoms. The van der Waals surface area contributed by atoms with Crippen molar-refractivity contribution in [2.75, 3.05) is 13.6 Å². The lowest BCUT2D eigenvalue weighted by Gasteiger charge is -2.21. The van der Waals surface area contributed by atoms with E-state index in [-0.39, 0.29) is 0 Å². The normalized spacial score (nSPS) is 19.1. The number of para-hydroxylation sites is 1. The number of rotatable bonds is 2. The molecule has 1 saturated heterocycles. The minimum absolute atomic E-state index is 0.441. The lowest BCUT2D eigenvalue weighted by atomic mass is 9.98. The van der Waals surface area contributed by atoms with E-state index in [9.17, 15) is 0 Å². The molecule has 1 aliphatic heterocycles. The zero-order valence-electron chi connectivity index (χ0n) is 13.0. The van der Waals surface area contributed by atoms with Crippen molar-refractivity contribution in [1.29, 1.82) is 0 Å². The molecule has 112 valence electrons. The first-order chi connectivity index (χ1) is 10.7. The number of aryl methyl sites for hydroxylation is 1. The Labute approximate surface area is 130 Å². The Morgan fingerprint density at radius 3 is 2.86 bits per heavy atom. The average molecular weight is 292 g/mol. The van der Waals surface area contributed by atoms with E-state index in [1.807, 2.05) is 31.3 Å². The summed E-state index contributed by atoms with van der Waals surface area (Å²) in [6, 6.07) is 12.9. The second kappa shape index (κ2) is 5.25. The van der Waals surface area contributed by atoms with Crippen molar-refractivity contribution < 1.29 is 4.42 Å². The van der Waals surface area contributed by atoms with Crippen molar-refractivity contribution in [3.8, 4) is 11.3 Å². The molecule has 4 rings (SSSR count). The maximum absolute atomic E-state index is 6.10. The second-order valence-corrected chi connectivity index (χ2v) is 6.20. The number of nitrogens with zero attached hydrogens (tertiary/aromatic N) is 2. The van der Waals surface area contributed by atoms with Crippen LogP contribution in [0.2, 0.25) is 0 Å². The van der Waals surface area contributed by atoms with Gasteiger partial charge in [-0.1, -0.05) is 18.2 Å². The number of aromatic nitrogens is 1. The van der Waals surface area contributed by atoms with Crippen molar-refractivity contribution >= 4 is 11.0 Å². The van der Waals surface area contributed by atoms with Gasteiger partial charge < -0.3 is 4.42 Å². The molecule has 1 fully saturated rings. The van der Waals surface area contributed by atoms with Crippen LogP contribution in [-0.2, 0) is 0 Å². The van der Waals surface area contributed by atoms with Gasteiger partial charge in [0, 0.05) is 28.9 Å². The van der Waals surface area contributed by atoms with E-state index in [0.717, 1.165) is 29.0 Å². The zero-order chi connectivity index (χ0) is 15.1. The van der Waals surface area contributed by atoms with Crippen LogP contribution >= 0.6 is 0 Å². The number of likely N-dealkylation sites (tertiary alicyclic amines) is 1. The molecule has 3 aromatic rings. The Balaban J connectivity index is 1.87. The van der Waals surface area contributed by atoms with E-state index in [1.165, 1.54) is 24.0 Å². The molecule has 1 aromatic carbocycles. The summed E-state index contributed by atoms with van der Waals surface area (Å²) < 4.78 is 6.10. The number of fused-ring (bicyclic) bond motifs is 1. The Hall–Kier alpha value is -2.13. The van der Waals surface area contributed by atoms with Crippen LogP contribution in [0.3, 0.4) is 0 Å². The molecule has 0 spiro atoms. The summed E-state index contributed by atoms with van der Waals surface area (Å²) >= 11 is 0. The predicted molar refractivity (Wildman–Crippen MR) is 88.8 cm³/mol. The molecule has 1 aliphatic rings. The summed E-state index contributed by atoms with van der Waals surface area (Å²) in [6.07, 6.45) is 4.47. The van der Waals surface area contributed by atoms with E-state index in [1.54, 1.807) is 0 Å². The molecule has 3 nitrogen and oxygen atoms in total. The monoisotopic (exact) mass is 292 g/mol. The van der Waals surface area contributed by atoms with Crippen LogP contribution in [0, 0.1) is 6.92 Å². The second-order valence-electron chi connectivity index (χ2n) is 6.20. The highest BCUT2D eigenvalue weighted by molar-refractivity contribution is 5.83. The van der Waals surface area contributed by atoms with Crippen LogP contribution in [-0.4, -0.2) is 23.5 Å². The third-order valence-electron chi connectivity index (χ3n) is 4.64. The smallest absolute Gasteiger partial charge is 0.135 e. The van der Waals surface area contributed by atoms with Gasteiger partial charge in [0.05, 0.1) is 0 Å². The molecule has 0 unspecified atom stereocenters. The van der Waals surface area contributed by atoms with E-state index >= 15 is 0 Å². The first-order valence-electron chi connectivity index (χ1n) is 7.88. The summed E-state index contributed by atoms with van der Waals surface area (Å²) in [4.78, 5) is 6.95. The summed E-state index contributed by atoms with van der Waals surface area (Å²) in [6.45, 7) is 3.19. The molecule has 0 amide bonds. The van der Waals surface area contributed by atoms with Gasteiger partial charge in [0.15, 0.2) is 0 Å². The van der Waals surface area contributed by atoms with Crippen molar-refractivity contribution in [2.24, 2.45) is 0 Å². The molecule has 0 bridgehead atoms. The van der Waals surface area contributed by atoms with Gasteiger partial charge >= 0.3 is 0 Å². The van der Waals surface area contributed by atoms with E-state index < -0.39 is 0 Å². The predicted octanol–water partition coefficient (Wildman–Crippen LogP) is 4.57. The Morgan fingerprint density at radius 2 is 2.09 bits per heavy atom. The molecule has 2 aromatic heterocycles. The highest BCUT2D eigenvalue weighted by Crippen LogP contribution is 2.38. The van der Waals surface area contributed by atoms with Crippen molar-refractivity contribution in [2.45, 2.75) is 25.8 Å². The van der Waals surface area contributed by atoms with Crippen molar-refractivity contribution in [3.63, 3.8) is 0 Å². The minimum atomic E-state index is 0.441. The van der Waals surface area contributed by atoms with Gasteiger partial charge in [0.2, 0.25) is 0 Å². The fourth-order valence-corrected chi connectivity index (χ4v) is 3.47. The Kier molecular flexibility index (Phi) is 3.23. The van der Waals surface area contributed by atoms with Gasteiger partial charge in [-0.15, -0.1) is 0 Å². The zero-order valence-corrected chi connectivity index (χ0v) is 13.0. The number of pyridine rings is 1. The Morgan fingerprint density at radius 1 is 1.23 bits per heavy atom. The third kappa shape index (κ3) is 2.22. The van der Waals surface area contributed by atoms with Crippen molar-refractivity contribution in [3.05, 3.63) is 53.9 Å². The molecule has 0 N–H and O–H groups in total. The van der Waals surface area contributed by atoms with Crippen LogP contribution in [0.15, 0.2) is 47.0 Å². The van der Waals surface area contributed by atoms with Gasteiger partial charge in [-0.25, -0.2) is 0 Å². The largest absolute Gasteiger partial charge is 0.456 e. The fraction of sp³-hybridized carbons (Fsp3) is 0.316. The molecular formula is C19H20N2O. The van der Waals surface area contributed by atoms with Gasteiger partial charge in [-0.3, -0.25) is 9.88 Å².